The molecule has 0 saturated heterocycles. The maximum atomic E-state index is 12.9. The SMILES string of the molecule is CN(C)c1ccc(Nc2nncc(Nc3ccc(F)cc3)n2)cc1. The zero-order valence-corrected chi connectivity index (χ0v) is 13.4. The summed E-state index contributed by atoms with van der Waals surface area (Å²) in [6.45, 7) is 0. The number of halogens is 1. The van der Waals surface area contributed by atoms with Gasteiger partial charge < -0.3 is 15.5 Å². The van der Waals surface area contributed by atoms with Crippen molar-refractivity contribution in [1.82, 2.24) is 15.2 Å². The monoisotopic (exact) mass is 324 g/mol. The second kappa shape index (κ2) is 6.91. The zero-order valence-electron chi connectivity index (χ0n) is 13.4. The van der Waals surface area contributed by atoms with E-state index < -0.39 is 0 Å². The van der Waals surface area contributed by atoms with Crippen LogP contribution in [0.15, 0.2) is 54.7 Å². The number of benzene rings is 2. The van der Waals surface area contributed by atoms with E-state index >= 15 is 0 Å². The molecule has 122 valence electrons. The van der Waals surface area contributed by atoms with E-state index in [9.17, 15) is 4.39 Å². The number of aromatic nitrogens is 3. The van der Waals surface area contributed by atoms with Gasteiger partial charge in [-0.15, -0.1) is 5.10 Å². The molecule has 3 rings (SSSR count). The van der Waals surface area contributed by atoms with Crippen LogP contribution in [0.25, 0.3) is 0 Å². The molecule has 2 N–H and O–H groups in total. The van der Waals surface area contributed by atoms with Crippen LogP contribution >= 0.6 is 0 Å². The Labute approximate surface area is 139 Å². The summed E-state index contributed by atoms with van der Waals surface area (Å²) in [6.07, 6.45) is 1.50. The van der Waals surface area contributed by atoms with Crippen molar-refractivity contribution in [3.05, 3.63) is 60.5 Å². The smallest absolute Gasteiger partial charge is 0.249 e. The minimum atomic E-state index is -0.287. The Hall–Kier alpha value is -3.22. The predicted octanol–water partition coefficient (Wildman–Crippen LogP) is 3.56. The molecule has 0 aliphatic heterocycles. The molecular weight excluding hydrogens is 307 g/mol. The largest absolute Gasteiger partial charge is 0.378 e. The van der Waals surface area contributed by atoms with E-state index in [2.05, 4.69) is 25.8 Å². The first-order valence-corrected chi connectivity index (χ1v) is 7.37. The highest BCUT2D eigenvalue weighted by Gasteiger charge is 2.03. The lowest BCUT2D eigenvalue weighted by atomic mass is 10.2. The quantitative estimate of drug-likeness (QED) is 0.748. The van der Waals surface area contributed by atoms with Gasteiger partial charge >= 0.3 is 0 Å². The molecule has 0 amide bonds. The first kappa shape index (κ1) is 15.7. The van der Waals surface area contributed by atoms with Crippen molar-refractivity contribution in [2.75, 3.05) is 29.6 Å². The van der Waals surface area contributed by atoms with Crippen molar-refractivity contribution in [3.8, 4) is 0 Å². The molecular formula is C17H17FN6. The number of hydrogen-bond donors (Lipinski definition) is 2. The minimum Gasteiger partial charge on any atom is -0.378 e. The molecule has 0 atom stereocenters. The van der Waals surface area contributed by atoms with Crippen LogP contribution in [0.3, 0.4) is 0 Å². The standard InChI is InChI=1S/C17H17FN6/c1-24(2)15-9-7-14(8-10-15)21-17-22-16(11-19-23-17)20-13-5-3-12(18)4-6-13/h3-11H,1-2H3,(H2,20,21,22,23). The molecule has 2 aromatic carbocycles. The van der Waals surface area contributed by atoms with Crippen LogP contribution in [-0.2, 0) is 0 Å². The average molecular weight is 324 g/mol. The van der Waals surface area contributed by atoms with E-state index in [-0.39, 0.29) is 5.82 Å². The second-order valence-electron chi connectivity index (χ2n) is 5.36. The van der Waals surface area contributed by atoms with Crippen LogP contribution in [0, 0.1) is 5.82 Å². The molecule has 0 aliphatic carbocycles. The first-order valence-electron chi connectivity index (χ1n) is 7.37. The van der Waals surface area contributed by atoms with Gasteiger partial charge in [-0.05, 0) is 48.5 Å². The van der Waals surface area contributed by atoms with Crippen LogP contribution in [-0.4, -0.2) is 29.3 Å². The average Bonchev–Trinajstić information content (AvgIpc) is 2.58. The predicted molar refractivity (Wildman–Crippen MR) is 93.6 cm³/mol. The van der Waals surface area contributed by atoms with E-state index in [4.69, 9.17) is 0 Å². The summed E-state index contributed by atoms with van der Waals surface area (Å²) < 4.78 is 12.9. The van der Waals surface area contributed by atoms with Crippen LogP contribution in [0.2, 0.25) is 0 Å². The number of hydrogen-bond acceptors (Lipinski definition) is 6. The van der Waals surface area contributed by atoms with Gasteiger partial charge in [0, 0.05) is 31.2 Å². The fourth-order valence-electron chi connectivity index (χ4n) is 2.07. The molecule has 1 heterocycles. The lowest BCUT2D eigenvalue weighted by Crippen LogP contribution is -2.08. The Balaban J connectivity index is 1.71. The zero-order chi connectivity index (χ0) is 16.9. The molecule has 0 spiro atoms. The summed E-state index contributed by atoms with van der Waals surface area (Å²) in [4.78, 5) is 6.37. The highest BCUT2D eigenvalue weighted by molar-refractivity contribution is 5.60. The van der Waals surface area contributed by atoms with Crippen molar-refractivity contribution in [2.45, 2.75) is 0 Å². The molecule has 24 heavy (non-hydrogen) atoms. The van der Waals surface area contributed by atoms with Crippen LogP contribution in [0.4, 0.5) is 33.2 Å². The molecule has 0 unspecified atom stereocenters. The van der Waals surface area contributed by atoms with Crippen molar-refractivity contribution < 1.29 is 4.39 Å². The van der Waals surface area contributed by atoms with Crippen molar-refractivity contribution in [2.24, 2.45) is 0 Å². The fourth-order valence-corrected chi connectivity index (χ4v) is 2.07. The Bertz CT molecular complexity index is 802. The molecule has 6 nitrogen and oxygen atoms in total. The Morgan fingerprint density at radius 3 is 2.17 bits per heavy atom. The molecule has 0 radical (unpaired) electrons. The highest BCUT2D eigenvalue weighted by Crippen LogP contribution is 2.19. The van der Waals surface area contributed by atoms with Gasteiger partial charge in [-0.3, -0.25) is 0 Å². The molecule has 0 fully saturated rings. The number of nitrogens with one attached hydrogen (secondary N) is 2. The number of anilines is 5. The molecule has 0 bridgehead atoms. The van der Waals surface area contributed by atoms with Crippen molar-refractivity contribution in [1.29, 1.82) is 0 Å². The van der Waals surface area contributed by atoms with E-state index in [0.717, 1.165) is 17.1 Å². The maximum absolute atomic E-state index is 12.9. The summed E-state index contributed by atoms with van der Waals surface area (Å²) in [5.41, 5.74) is 2.69. The van der Waals surface area contributed by atoms with E-state index in [0.29, 0.717) is 11.8 Å². The Kier molecular flexibility index (Phi) is 4.51. The van der Waals surface area contributed by atoms with Gasteiger partial charge in [0.25, 0.3) is 0 Å². The topological polar surface area (TPSA) is 66.0 Å². The van der Waals surface area contributed by atoms with Gasteiger partial charge in [0.15, 0.2) is 5.82 Å². The lowest BCUT2D eigenvalue weighted by Gasteiger charge is -2.13. The Morgan fingerprint density at radius 2 is 1.50 bits per heavy atom. The summed E-state index contributed by atoms with van der Waals surface area (Å²) in [6, 6.07) is 13.9. The molecule has 0 saturated carbocycles. The van der Waals surface area contributed by atoms with E-state index in [1.54, 1.807) is 12.1 Å². The summed E-state index contributed by atoms with van der Waals surface area (Å²) in [5, 5.41) is 14.0. The maximum Gasteiger partial charge on any atom is 0.249 e. The highest BCUT2D eigenvalue weighted by atomic mass is 19.1. The van der Waals surface area contributed by atoms with Crippen molar-refractivity contribution >= 4 is 28.8 Å². The number of rotatable bonds is 5. The fraction of sp³-hybridized carbons (Fsp3) is 0.118. The van der Waals surface area contributed by atoms with Crippen LogP contribution in [0.5, 0.6) is 0 Å². The third kappa shape index (κ3) is 3.95. The first-order chi connectivity index (χ1) is 11.6. The third-order valence-electron chi connectivity index (χ3n) is 3.32. The molecule has 0 aliphatic rings. The number of nitrogens with zero attached hydrogens (tertiary/aromatic N) is 4. The second-order valence-corrected chi connectivity index (χ2v) is 5.36. The summed E-state index contributed by atoms with van der Waals surface area (Å²) in [7, 11) is 3.97. The minimum absolute atomic E-state index is 0.287. The summed E-state index contributed by atoms with van der Waals surface area (Å²) in [5.74, 6) is 0.605. The van der Waals surface area contributed by atoms with Gasteiger partial charge in [-0.25, -0.2) is 4.39 Å². The van der Waals surface area contributed by atoms with Gasteiger partial charge in [-0.2, -0.15) is 10.1 Å². The molecule has 7 heteroatoms. The van der Waals surface area contributed by atoms with E-state index in [1.807, 2.05) is 43.3 Å². The van der Waals surface area contributed by atoms with E-state index in [1.165, 1.54) is 18.3 Å². The van der Waals surface area contributed by atoms with Gasteiger partial charge in [-0.1, -0.05) is 0 Å². The van der Waals surface area contributed by atoms with Gasteiger partial charge in [0.1, 0.15) is 5.82 Å². The molecule has 1 aromatic heterocycles. The summed E-state index contributed by atoms with van der Waals surface area (Å²) >= 11 is 0. The van der Waals surface area contributed by atoms with Crippen molar-refractivity contribution in [3.63, 3.8) is 0 Å². The molecule has 3 aromatic rings. The third-order valence-corrected chi connectivity index (χ3v) is 3.32. The lowest BCUT2D eigenvalue weighted by molar-refractivity contribution is 0.628. The van der Waals surface area contributed by atoms with Crippen LogP contribution < -0.4 is 15.5 Å². The van der Waals surface area contributed by atoms with Gasteiger partial charge in [0.2, 0.25) is 5.95 Å². The normalized spacial score (nSPS) is 10.3. The van der Waals surface area contributed by atoms with Crippen LogP contribution in [0.1, 0.15) is 0 Å². The van der Waals surface area contributed by atoms with Gasteiger partial charge in [0.05, 0.1) is 6.20 Å². The Morgan fingerprint density at radius 1 is 0.875 bits per heavy atom.